The highest BCUT2D eigenvalue weighted by molar-refractivity contribution is 5.69. The number of carboxylic acids is 1. The van der Waals surface area contributed by atoms with Gasteiger partial charge in [-0.25, -0.2) is 0 Å². The Morgan fingerprint density at radius 1 is 1.14 bits per heavy atom. The molecule has 0 saturated carbocycles. The van der Waals surface area contributed by atoms with Crippen molar-refractivity contribution in [1.82, 2.24) is 0 Å². The van der Waals surface area contributed by atoms with Crippen LogP contribution in [0.3, 0.4) is 0 Å². The van der Waals surface area contributed by atoms with Crippen molar-refractivity contribution >= 4 is 11.9 Å². The van der Waals surface area contributed by atoms with Gasteiger partial charge in [-0.15, -0.1) is 0 Å². The van der Waals surface area contributed by atoms with E-state index in [1.54, 1.807) is 6.92 Å². The first-order chi connectivity index (χ1) is 10.1. The van der Waals surface area contributed by atoms with E-state index in [0.29, 0.717) is 12.3 Å². The van der Waals surface area contributed by atoms with Crippen LogP contribution in [-0.2, 0) is 14.3 Å². The number of ether oxygens (including phenoxy) is 1. The predicted octanol–water partition coefficient (Wildman–Crippen LogP) is 3.90. The number of rotatable bonds is 5. The second-order valence-electron chi connectivity index (χ2n) is 4.99. The summed E-state index contributed by atoms with van der Waals surface area (Å²) in [4.78, 5) is 20.0. The van der Waals surface area contributed by atoms with Crippen LogP contribution in [0.15, 0.2) is 12.2 Å². The van der Waals surface area contributed by atoms with Gasteiger partial charge in [0.15, 0.2) is 0 Å². The summed E-state index contributed by atoms with van der Waals surface area (Å²) in [6.07, 6.45) is 2.78. The Kier molecular flexibility index (Phi) is 28.7. The second kappa shape index (κ2) is 21.9. The molecule has 0 aromatic rings. The van der Waals surface area contributed by atoms with Gasteiger partial charge in [0.2, 0.25) is 0 Å². The summed E-state index contributed by atoms with van der Waals surface area (Å²) in [5.74, 6) is -0.747. The van der Waals surface area contributed by atoms with Crippen LogP contribution in [-0.4, -0.2) is 36.4 Å². The average Bonchev–Trinajstić information content (AvgIpc) is 2.47. The van der Waals surface area contributed by atoms with Crippen molar-refractivity contribution in [2.24, 2.45) is 11.8 Å². The largest absolute Gasteiger partial charge is 0.481 e. The van der Waals surface area contributed by atoms with Gasteiger partial charge in [0.25, 0.3) is 0 Å². The highest BCUT2D eigenvalue weighted by Gasteiger charge is 2.11. The lowest BCUT2D eigenvalue weighted by Crippen LogP contribution is -2.09. The number of allylic oxidation sites excluding steroid dienone is 1. The van der Waals surface area contributed by atoms with Crippen LogP contribution in [0.4, 0.5) is 0 Å². The summed E-state index contributed by atoms with van der Waals surface area (Å²) in [6.45, 7) is 15.4. The molecule has 0 aromatic carbocycles. The zero-order valence-electron chi connectivity index (χ0n) is 15.6. The quantitative estimate of drug-likeness (QED) is 0.593. The number of aliphatic hydroxyl groups is 1. The van der Waals surface area contributed by atoms with E-state index < -0.39 is 5.97 Å². The Labute approximate surface area is 136 Å². The molecule has 0 bridgehead atoms. The zero-order chi connectivity index (χ0) is 18.7. The fourth-order valence-electron chi connectivity index (χ4n) is 0.814. The number of methoxy groups -OCH3 is 1. The standard InChI is InChI=1S/C10H18O2.C3H6O2.C3H8.CH4O/c1-7(2)8(3)5-6-9(4)10(11)12;1-3(4)5-2;1-3-2;1-2/h7,9H,3,5-6H2,1-2,4H3,(H,11,12);1-2H3;3H2,1-2H3;2H,1H3/t9-;;;/m1.../s1. The van der Waals surface area contributed by atoms with E-state index in [4.69, 9.17) is 10.2 Å². The van der Waals surface area contributed by atoms with Crippen molar-refractivity contribution in [3.05, 3.63) is 12.2 Å². The van der Waals surface area contributed by atoms with E-state index in [-0.39, 0.29) is 11.9 Å². The smallest absolute Gasteiger partial charge is 0.306 e. The summed E-state index contributed by atoms with van der Waals surface area (Å²) in [6, 6.07) is 0. The maximum absolute atomic E-state index is 10.5. The molecule has 0 aliphatic rings. The third-order valence-electron chi connectivity index (χ3n) is 2.42. The number of carboxylic acid groups (broad SMARTS) is 1. The molecule has 0 aliphatic heterocycles. The average molecular weight is 320 g/mol. The van der Waals surface area contributed by atoms with E-state index in [1.165, 1.54) is 20.5 Å². The molecule has 134 valence electrons. The molecule has 0 unspecified atom stereocenters. The van der Waals surface area contributed by atoms with Gasteiger partial charge in [-0.1, -0.05) is 53.2 Å². The van der Waals surface area contributed by atoms with Gasteiger partial charge in [-0.3, -0.25) is 9.59 Å². The third-order valence-corrected chi connectivity index (χ3v) is 2.42. The van der Waals surface area contributed by atoms with Crippen molar-refractivity contribution < 1.29 is 24.5 Å². The molecule has 0 heterocycles. The molecule has 0 spiro atoms. The Morgan fingerprint density at radius 2 is 1.45 bits per heavy atom. The normalized spacial score (nSPS) is 9.73. The number of aliphatic carboxylic acids is 1. The molecule has 0 aliphatic carbocycles. The number of carbonyl (C=O) groups is 2. The molecule has 0 fully saturated rings. The molecule has 2 N–H and O–H groups in total. The predicted molar refractivity (Wildman–Crippen MR) is 91.8 cm³/mol. The lowest BCUT2D eigenvalue weighted by molar-refractivity contribution is -0.141. The maximum Gasteiger partial charge on any atom is 0.306 e. The fraction of sp³-hybridized carbons (Fsp3) is 0.765. The van der Waals surface area contributed by atoms with Crippen molar-refractivity contribution in [2.75, 3.05) is 14.2 Å². The van der Waals surface area contributed by atoms with E-state index in [0.717, 1.165) is 19.1 Å². The zero-order valence-corrected chi connectivity index (χ0v) is 15.6. The van der Waals surface area contributed by atoms with Crippen LogP contribution >= 0.6 is 0 Å². The van der Waals surface area contributed by atoms with Crippen LogP contribution in [0, 0.1) is 11.8 Å². The molecular weight excluding hydrogens is 284 g/mol. The SMILES string of the molecule is C=C(CC[C@@H](C)C(=O)O)C(C)C.CCC.CO.COC(C)=O. The van der Waals surface area contributed by atoms with Gasteiger partial charge in [0.05, 0.1) is 13.0 Å². The summed E-state index contributed by atoms with van der Waals surface area (Å²) in [5, 5.41) is 15.6. The number of hydrogen-bond acceptors (Lipinski definition) is 4. The van der Waals surface area contributed by atoms with Gasteiger partial charge in [0, 0.05) is 14.0 Å². The summed E-state index contributed by atoms with van der Waals surface area (Å²) < 4.78 is 4.11. The third kappa shape index (κ3) is 31.2. The topological polar surface area (TPSA) is 83.8 Å². The van der Waals surface area contributed by atoms with Crippen LogP contribution in [0.1, 0.15) is 60.8 Å². The fourth-order valence-corrected chi connectivity index (χ4v) is 0.814. The highest BCUT2D eigenvalue weighted by atomic mass is 16.5. The Bertz CT molecular complexity index is 272. The number of aliphatic hydroxyl groups excluding tert-OH is 1. The van der Waals surface area contributed by atoms with Gasteiger partial charge >= 0.3 is 11.9 Å². The van der Waals surface area contributed by atoms with Crippen LogP contribution in [0.2, 0.25) is 0 Å². The molecule has 5 heteroatoms. The molecule has 0 saturated heterocycles. The molecular formula is C17H36O5. The summed E-state index contributed by atoms with van der Waals surface area (Å²) >= 11 is 0. The second-order valence-corrected chi connectivity index (χ2v) is 4.99. The molecule has 0 radical (unpaired) electrons. The van der Waals surface area contributed by atoms with Gasteiger partial charge in [-0.2, -0.15) is 0 Å². The Hall–Kier alpha value is -1.36. The molecule has 0 aromatic heterocycles. The minimum atomic E-state index is -0.716. The van der Waals surface area contributed by atoms with Crippen LogP contribution in [0.25, 0.3) is 0 Å². The van der Waals surface area contributed by atoms with Crippen molar-refractivity contribution in [3.8, 4) is 0 Å². The number of esters is 1. The highest BCUT2D eigenvalue weighted by Crippen LogP contribution is 2.16. The molecule has 5 nitrogen and oxygen atoms in total. The molecule has 0 rings (SSSR count). The minimum Gasteiger partial charge on any atom is -0.481 e. The molecule has 0 amide bonds. The molecule has 1 atom stereocenters. The van der Waals surface area contributed by atoms with E-state index in [1.807, 2.05) is 0 Å². The van der Waals surface area contributed by atoms with Gasteiger partial charge < -0.3 is 14.9 Å². The first-order valence-corrected chi connectivity index (χ1v) is 7.53. The lowest BCUT2D eigenvalue weighted by Gasteiger charge is -2.10. The monoisotopic (exact) mass is 320 g/mol. The number of hydrogen-bond donors (Lipinski definition) is 2. The Balaban J connectivity index is -0.000000134. The maximum atomic E-state index is 10.5. The van der Waals surface area contributed by atoms with Gasteiger partial charge in [0.1, 0.15) is 0 Å². The first kappa shape index (κ1) is 28.8. The number of carbonyl (C=O) groups excluding carboxylic acids is 1. The van der Waals surface area contributed by atoms with Crippen LogP contribution < -0.4 is 0 Å². The lowest BCUT2D eigenvalue weighted by atomic mass is 9.96. The van der Waals surface area contributed by atoms with E-state index in [9.17, 15) is 9.59 Å². The molecule has 22 heavy (non-hydrogen) atoms. The van der Waals surface area contributed by atoms with Crippen molar-refractivity contribution in [3.63, 3.8) is 0 Å². The Morgan fingerprint density at radius 3 is 1.64 bits per heavy atom. The summed E-state index contributed by atoms with van der Waals surface area (Å²) in [5.41, 5.74) is 1.14. The van der Waals surface area contributed by atoms with Crippen molar-refractivity contribution in [2.45, 2.75) is 60.8 Å². The van der Waals surface area contributed by atoms with Gasteiger partial charge in [-0.05, 0) is 18.8 Å². The van der Waals surface area contributed by atoms with E-state index in [2.05, 4.69) is 39.0 Å². The van der Waals surface area contributed by atoms with Crippen LogP contribution in [0.5, 0.6) is 0 Å². The first-order valence-electron chi connectivity index (χ1n) is 7.53. The summed E-state index contributed by atoms with van der Waals surface area (Å²) in [7, 11) is 2.35. The van der Waals surface area contributed by atoms with Crippen molar-refractivity contribution in [1.29, 1.82) is 0 Å². The minimum absolute atomic E-state index is 0.245. The van der Waals surface area contributed by atoms with E-state index >= 15 is 0 Å².